The number of nitrogens with two attached hydrogens (primary N) is 1. The molecule has 1 aromatic heterocycles. The van der Waals surface area contributed by atoms with Crippen LogP contribution in [0.5, 0.6) is 0 Å². The lowest BCUT2D eigenvalue weighted by molar-refractivity contribution is -0.141. The lowest BCUT2D eigenvalue weighted by atomic mass is 10.0. The predicted octanol–water partition coefficient (Wildman–Crippen LogP) is 1.26. The summed E-state index contributed by atoms with van der Waals surface area (Å²) in [6.45, 7) is 6.44. The SMILES string of the molecule is COC(=O)CC(N)c1cncc(N2CCOC(C)(C)C2)c1. The number of rotatable bonds is 4. The van der Waals surface area contributed by atoms with Gasteiger partial charge in [0, 0.05) is 25.3 Å². The number of hydrogen-bond acceptors (Lipinski definition) is 6. The first kappa shape index (κ1) is 15.7. The molecule has 0 aromatic carbocycles. The van der Waals surface area contributed by atoms with Crippen molar-refractivity contribution >= 4 is 11.7 Å². The minimum atomic E-state index is -0.404. The van der Waals surface area contributed by atoms with Gasteiger partial charge in [-0.25, -0.2) is 0 Å². The van der Waals surface area contributed by atoms with E-state index in [1.807, 2.05) is 12.3 Å². The highest BCUT2D eigenvalue weighted by atomic mass is 16.5. The fraction of sp³-hybridized carbons (Fsp3) is 0.600. The molecule has 0 saturated carbocycles. The summed E-state index contributed by atoms with van der Waals surface area (Å²) in [6.07, 6.45) is 3.66. The number of anilines is 1. The molecule has 0 aliphatic carbocycles. The zero-order valence-corrected chi connectivity index (χ0v) is 12.8. The van der Waals surface area contributed by atoms with E-state index < -0.39 is 6.04 Å². The van der Waals surface area contributed by atoms with Crippen molar-refractivity contribution in [2.45, 2.75) is 31.9 Å². The predicted molar refractivity (Wildman–Crippen MR) is 80.0 cm³/mol. The average molecular weight is 293 g/mol. The minimum absolute atomic E-state index is 0.149. The van der Waals surface area contributed by atoms with Crippen LogP contribution in [0.4, 0.5) is 5.69 Å². The molecule has 2 N–H and O–H groups in total. The Morgan fingerprint density at radius 1 is 1.57 bits per heavy atom. The highest BCUT2D eigenvalue weighted by Gasteiger charge is 2.27. The largest absolute Gasteiger partial charge is 0.469 e. The molecule has 6 heteroatoms. The number of ether oxygens (including phenoxy) is 2. The highest BCUT2D eigenvalue weighted by molar-refractivity contribution is 5.70. The first-order valence-electron chi connectivity index (χ1n) is 7.07. The normalized spacial score (nSPS) is 19.1. The molecule has 21 heavy (non-hydrogen) atoms. The number of morpholine rings is 1. The van der Waals surface area contributed by atoms with E-state index in [4.69, 9.17) is 10.5 Å². The lowest BCUT2D eigenvalue weighted by Gasteiger charge is -2.39. The zero-order valence-electron chi connectivity index (χ0n) is 12.8. The third-order valence-corrected chi connectivity index (χ3v) is 3.58. The van der Waals surface area contributed by atoms with Gasteiger partial charge in [0.25, 0.3) is 0 Å². The molecule has 116 valence electrons. The molecule has 2 rings (SSSR count). The minimum Gasteiger partial charge on any atom is -0.469 e. The number of carbonyl (C=O) groups excluding carboxylic acids is 1. The highest BCUT2D eigenvalue weighted by Crippen LogP contribution is 2.25. The third-order valence-electron chi connectivity index (χ3n) is 3.58. The van der Waals surface area contributed by atoms with Gasteiger partial charge in [-0.15, -0.1) is 0 Å². The van der Waals surface area contributed by atoms with E-state index in [9.17, 15) is 4.79 Å². The number of esters is 1. The second kappa shape index (κ2) is 6.41. The second-order valence-electron chi connectivity index (χ2n) is 5.89. The fourth-order valence-corrected chi connectivity index (χ4v) is 2.44. The summed E-state index contributed by atoms with van der Waals surface area (Å²) < 4.78 is 10.4. The molecule has 0 amide bonds. The fourth-order valence-electron chi connectivity index (χ4n) is 2.44. The van der Waals surface area contributed by atoms with Crippen molar-refractivity contribution in [2.75, 3.05) is 31.7 Å². The molecule has 1 unspecified atom stereocenters. The Morgan fingerprint density at radius 2 is 2.33 bits per heavy atom. The number of hydrogen-bond donors (Lipinski definition) is 1. The molecule has 1 fully saturated rings. The zero-order chi connectivity index (χ0) is 15.5. The van der Waals surface area contributed by atoms with Gasteiger partial charge < -0.3 is 20.1 Å². The van der Waals surface area contributed by atoms with Gasteiger partial charge in [-0.1, -0.05) is 0 Å². The molecule has 1 aromatic rings. The van der Waals surface area contributed by atoms with Crippen LogP contribution in [0.25, 0.3) is 0 Å². The quantitative estimate of drug-likeness (QED) is 0.842. The van der Waals surface area contributed by atoms with Crippen LogP contribution < -0.4 is 10.6 Å². The van der Waals surface area contributed by atoms with E-state index in [2.05, 4.69) is 28.5 Å². The van der Waals surface area contributed by atoms with E-state index in [0.29, 0.717) is 6.61 Å². The van der Waals surface area contributed by atoms with Crippen molar-refractivity contribution in [3.8, 4) is 0 Å². The first-order valence-corrected chi connectivity index (χ1v) is 7.07. The number of methoxy groups -OCH3 is 1. The lowest BCUT2D eigenvalue weighted by Crippen LogP contribution is -2.48. The maximum absolute atomic E-state index is 11.3. The smallest absolute Gasteiger partial charge is 0.307 e. The van der Waals surface area contributed by atoms with Gasteiger partial charge in [0.1, 0.15) is 0 Å². The van der Waals surface area contributed by atoms with E-state index >= 15 is 0 Å². The van der Waals surface area contributed by atoms with E-state index in [1.54, 1.807) is 6.20 Å². The maximum Gasteiger partial charge on any atom is 0.307 e. The number of pyridine rings is 1. The maximum atomic E-state index is 11.3. The third kappa shape index (κ3) is 4.15. The van der Waals surface area contributed by atoms with Crippen molar-refractivity contribution < 1.29 is 14.3 Å². The molecular formula is C15H23N3O3. The van der Waals surface area contributed by atoms with Crippen molar-refractivity contribution in [2.24, 2.45) is 5.73 Å². The summed E-state index contributed by atoms with van der Waals surface area (Å²) in [5, 5.41) is 0. The van der Waals surface area contributed by atoms with Crippen molar-refractivity contribution in [1.82, 2.24) is 4.98 Å². The van der Waals surface area contributed by atoms with Crippen molar-refractivity contribution in [3.63, 3.8) is 0 Å². The topological polar surface area (TPSA) is 77.7 Å². The molecule has 1 aliphatic rings. The summed E-state index contributed by atoms with van der Waals surface area (Å²) in [6, 6.07) is 1.58. The Balaban J connectivity index is 2.12. The Morgan fingerprint density at radius 3 is 3.00 bits per heavy atom. The second-order valence-corrected chi connectivity index (χ2v) is 5.89. The molecular weight excluding hydrogens is 270 g/mol. The summed E-state index contributed by atoms with van der Waals surface area (Å²) in [5.74, 6) is -0.319. The van der Waals surface area contributed by atoms with Crippen LogP contribution in [-0.4, -0.2) is 43.4 Å². The van der Waals surface area contributed by atoms with Crippen LogP contribution >= 0.6 is 0 Å². The van der Waals surface area contributed by atoms with Crippen LogP contribution in [0.1, 0.15) is 31.9 Å². The van der Waals surface area contributed by atoms with Gasteiger partial charge in [-0.2, -0.15) is 0 Å². The summed E-state index contributed by atoms with van der Waals surface area (Å²) in [5.41, 5.74) is 7.70. The molecule has 1 aliphatic heterocycles. The van der Waals surface area contributed by atoms with Crippen molar-refractivity contribution in [1.29, 1.82) is 0 Å². The molecule has 1 saturated heterocycles. The summed E-state index contributed by atoms with van der Waals surface area (Å²) >= 11 is 0. The Hall–Kier alpha value is -1.66. The van der Waals surface area contributed by atoms with Crippen LogP contribution in [0.2, 0.25) is 0 Å². The number of carbonyl (C=O) groups is 1. The van der Waals surface area contributed by atoms with E-state index in [-0.39, 0.29) is 18.0 Å². The van der Waals surface area contributed by atoms with Crippen LogP contribution in [-0.2, 0) is 14.3 Å². The van der Waals surface area contributed by atoms with Crippen LogP contribution in [0.15, 0.2) is 18.5 Å². The van der Waals surface area contributed by atoms with Gasteiger partial charge in [0.15, 0.2) is 0 Å². The number of nitrogens with zero attached hydrogens (tertiary/aromatic N) is 2. The van der Waals surface area contributed by atoms with Crippen LogP contribution in [0, 0.1) is 0 Å². The molecule has 0 radical (unpaired) electrons. The molecule has 0 spiro atoms. The Kier molecular flexibility index (Phi) is 4.80. The summed E-state index contributed by atoms with van der Waals surface area (Å²) in [4.78, 5) is 17.8. The Bertz CT molecular complexity index is 505. The van der Waals surface area contributed by atoms with Gasteiger partial charge in [0.05, 0.1) is 37.6 Å². The van der Waals surface area contributed by atoms with Gasteiger partial charge in [-0.05, 0) is 25.5 Å². The molecule has 6 nitrogen and oxygen atoms in total. The molecule has 1 atom stereocenters. The van der Waals surface area contributed by atoms with Crippen molar-refractivity contribution in [3.05, 3.63) is 24.0 Å². The molecule has 2 heterocycles. The number of aromatic nitrogens is 1. The average Bonchev–Trinajstić information content (AvgIpc) is 2.46. The Labute approximate surface area is 125 Å². The van der Waals surface area contributed by atoms with Gasteiger partial charge in [-0.3, -0.25) is 9.78 Å². The van der Waals surface area contributed by atoms with Crippen LogP contribution in [0.3, 0.4) is 0 Å². The van der Waals surface area contributed by atoms with E-state index in [1.165, 1.54) is 7.11 Å². The molecule has 0 bridgehead atoms. The summed E-state index contributed by atoms with van der Waals surface area (Å²) in [7, 11) is 1.36. The monoisotopic (exact) mass is 293 g/mol. The van der Waals surface area contributed by atoms with Gasteiger partial charge >= 0.3 is 5.97 Å². The first-order chi connectivity index (χ1) is 9.91. The standard InChI is InChI=1S/C15H23N3O3/c1-15(2)10-18(4-5-21-15)12-6-11(8-17-9-12)13(16)7-14(19)20-3/h6,8-9,13H,4-5,7,10,16H2,1-3H3. The van der Waals surface area contributed by atoms with E-state index in [0.717, 1.165) is 24.3 Å². The van der Waals surface area contributed by atoms with Gasteiger partial charge in [0.2, 0.25) is 0 Å².